The van der Waals surface area contributed by atoms with E-state index in [2.05, 4.69) is 13.0 Å². The lowest BCUT2D eigenvalue weighted by Gasteiger charge is -2.27. The Bertz CT molecular complexity index is 845. The summed E-state index contributed by atoms with van der Waals surface area (Å²) >= 11 is 0. The molecule has 0 spiro atoms. The molecule has 3 rings (SSSR count). The Labute approximate surface area is 172 Å². The lowest BCUT2D eigenvalue weighted by atomic mass is 9.78. The van der Waals surface area contributed by atoms with Crippen LogP contribution in [-0.2, 0) is 12.8 Å². The standard InChI is InChI=1S/C26H31F3/c1-3-5-6-19-10-16-23(24(27)17-19)21-11-7-18(8-12-21)9-13-22-15-14-20(4-2)25(28)26(22)29/h9-10,13-18,21H,3-8,11-12H2,1-2H3/b13-9+. The van der Waals surface area contributed by atoms with E-state index in [1.54, 1.807) is 24.3 Å². The minimum atomic E-state index is -0.764. The maximum absolute atomic E-state index is 14.6. The van der Waals surface area contributed by atoms with Crippen molar-refractivity contribution >= 4 is 6.08 Å². The molecule has 3 heteroatoms. The zero-order valence-corrected chi connectivity index (χ0v) is 17.5. The van der Waals surface area contributed by atoms with E-state index in [0.29, 0.717) is 23.5 Å². The van der Waals surface area contributed by atoms with Crippen LogP contribution in [-0.4, -0.2) is 0 Å². The van der Waals surface area contributed by atoms with Crippen LogP contribution in [0.1, 0.15) is 80.5 Å². The van der Waals surface area contributed by atoms with Gasteiger partial charge in [0, 0.05) is 5.56 Å². The van der Waals surface area contributed by atoms with Crippen molar-refractivity contribution in [2.45, 2.75) is 71.1 Å². The maximum Gasteiger partial charge on any atom is 0.166 e. The molecule has 29 heavy (non-hydrogen) atoms. The number of allylic oxidation sites excluding steroid dienone is 1. The Morgan fingerprint density at radius 2 is 1.69 bits per heavy atom. The van der Waals surface area contributed by atoms with E-state index >= 15 is 0 Å². The van der Waals surface area contributed by atoms with Crippen LogP contribution < -0.4 is 0 Å². The van der Waals surface area contributed by atoms with Crippen LogP contribution in [0.15, 0.2) is 36.4 Å². The number of hydrogen-bond donors (Lipinski definition) is 0. The van der Waals surface area contributed by atoms with Crippen molar-refractivity contribution in [1.29, 1.82) is 0 Å². The van der Waals surface area contributed by atoms with Crippen LogP contribution in [0.25, 0.3) is 6.08 Å². The third kappa shape index (κ3) is 5.32. The van der Waals surface area contributed by atoms with Gasteiger partial charge in [0.1, 0.15) is 5.82 Å². The molecule has 1 aliphatic carbocycles. The van der Waals surface area contributed by atoms with Crippen molar-refractivity contribution in [3.05, 3.63) is 76.1 Å². The molecular formula is C26H31F3. The quantitative estimate of drug-likeness (QED) is 0.442. The zero-order valence-electron chi connectivity index (χ0n) is 17.5. The first-order chi connectivity index (χ1) is 14.0. The van der Waals surface area contributed by atoms with Gasteiger partial charge in [0.25, 0.3) is 0 Å². The van der Waals surface area contributed by atoms with E-state index in [1.165, 1.54) is 0 Å². The van der Waals surface area contributed by atoms with Gasteiger partial charge in [-0.15, -0.1) is 0 Å². The molecule has 0 nitrogen and oxygen atoms in total. The normalized spacial score (nSPS) is 19.8. The average Bonchev–Trinajstić information content (AvgIpc) is 2.74. The molecular weight excluding hydrogens is 369 g/mol. The van der Waals surface area contributed by atoms with Gasteiger partial charge >= 0.3 is 0 Å². The largest absolute Gasteiger partial charge is 0.207 e. The van der Waals surface area contributed by atoms with Gasteiger partial charge in [-0.25, -0.2) is 13.2 Å². The first-order valence-corrected chi connectivity index (χ1v) is 11.0. The first-order valence-electron chi connectivity index (χ1n) is 11.0. The van der Waals surface area contributed by atoms with Crippen LogP contribution in [0.5, 0.6) is 0 Å². The monoisotopic (exact) mass is 400 g/mol. The molecule has 0 bridgehead atoms. The zero-order chi connectivity index (χ0) is 20.8. The average molecular weight is 401 g/mol. The van der Waals surface area contributed by atoms with Gasteiger partial charge in [0.2, 0.25) is 0 Å². The van der Waals surface area contributed by atoms with Crippen molar-refractivity contribution in [2.24, 2.45) is 5.92 Å². The predicted molar refractivity (Wildman–Crippen MR) is 114 cm³/mol. The van der Waals surface area contributed by atoms with Crippen molar-refractivity contribution in [2.75, 3.05) is 0 Å². The van der Waals surface area contributed by atoms with Crippen molar-refractivity contribution in [1.82, 2.24) is 0 Å². The summed E-state index contributed by atoms with van der Waals surface area (Å²) in [7, 11) is 0. The van der Waals surface area contributed by atoms with Gasteiger partial charge < -0.3 is 0 Å². The van der Waals surface area contributed by atoms with Gasteiger partial charge in [0.15, 0.2) is 11.6 Å². The molecule has 0 unspecified atom stereocenters. The molecule has 1 fully saturated rings. The molecule has 0 atom stereocenters. The highest BCUT2D eigenvalue weighted by Crippen LogP contribution is 2.38. The molecule has 2 aromatic carbocycles. The number of unbranched alkanes of at least 4 members (excludes halogenated alkanes) is 1. The molecule has 0 amide bonds. The number of rotatable bonds is 7. The van der Waals surface area contributed by atoms with Gasteiger partial charge in [0.05, 0.1) is 0 Å². The number of hydrogen-bond acceptors (Lipinski definition) is 0. The molecule has 0 radical (unpaired) electrons. The van der Waals surface area contributed by atoms with E-state index < -0.39 is 11.6 Å². The summed E-state index contributed by atoms with van der Waals surface area (Å²) < 4.78 is 42.7. The van der Waals surface area contributed by atoms with Crippen LogP contribution in [0.4, 0.5) is 13.2 Å². The topological polar surface area (TPSA) is 0 Å². The van der Waals surface area contributed by atoms with E-state index in [9.17, 15) is 13.2 Å². The highest BCUT2D eigenvalue weighted by atomic mass is 19.2. The number of aryl methyl sites for hydroxylation is 2. The second-order valence-corrected chi connectivity index (χ2v) is 8.23. The Balaban J connectivity index is 1.60. The molecule has 1 aliphatic rings. The highest BCUT2D eigenvalue weighted by Gasteiger charge is 2.23. The summed E-state index contributed by atoms with van der Waals surface area (Å²) in [5.74, 6) is -1.01. The SMILES string of the molecule is CCCCc1ccc(C2CCC(/C=C/c3ccc(CC)c(F)c3F)CC2)c(F)c1. The van der Waals surface area contributed by atoms with E-state index in [0.717, 1.165) is 56.1 Å². The Hall–Kier alpha value is -2.03. The van der Waals surface area contributed by atoms with Gasteiger partial charge in [-0.1, -0.05) is 56.7 Å². The van der Waals surface area contributed by atoms with Crippen LogP contribution in [0.2, 0.25) is 0 Å². The predicted octanol–water partition coefficient (Wildman–Crippen LogP) is 8.00. The molecule has 156 valence electrons. The number of benzene rings is 2. The first kappa shape index (κ1) is 21.7. The maximum atomic E-state index is 14.6. The highest BCUT2D eigenvalue weighted by molar-refractivity contribution is 5.51. The van der Waals surface area contributed by atoms with Crippen LogP contribution in [0.3, 0.4) is 0 Å². The second kappa shape index (κ2) is 10.1. The summed E-state index contributed by atoms with van der Waals surface area (Å²) in [6, 6.07) is 9.04. The van der Waals surface area contributed by atoms with Crippen LogP contribution in [0, 0.1) is 23.4 Å². The fourth-order valence-corrected chi connectivity index (χ4v) is 4.31. The van der Waals surface area contributed by atoms with Crippen molar-refractivity contribution < 1.29 is 13.2 Å². The van der Waals surface area contributed by atoms with E-state index in [-0.39, 0.29) is 11.7 Å². The number of halogens is 3. The van der Waals surface area contributed by atoms with Crippen LogP contribution >= 0.6 is 0 Å². The van der Waals surface area contributed by atoms with Crippen molar-refractivity contribution in [3.8, 4) is 0 Å². The van der Waals surface area contributed by atoms with Gasteiger partial charge in [-0.3, -0.25) is 0 Å². The minimum absolute atomic E-state index is 0.0776. The summed E-state index contributed by atoms with van der Waals surface area (Å²) in [6.07, 6.45) is 11.0. The van der Waals surface area contributed by atoms with E-state index in [4.69, 9.17) is 0 Å². The Kier molecular flexibility index (Phi) is 7.57. The molecule has 0 N–H and O–H groups in total. The second-order valence-electron chi connectivity index (χ2n) is 8.23. The van der Waals surface area contributed by atoms with Gasteiger partial charge in [-0.2, -0.15) is 0 Å². The third-order valence-electron chi connectivity index (χ3n) is 6.22. The summed E-state index contributed by atoms with van der Waals surface area (Å²) in [5, 5.41) is 0. The summed E-state index contributed by atoms with van der Waals surface area (Å²) in [4.78, 5) is 0. The minimum Gasteiger partial charge on any atom is -0.207 e. The Morgan fingerprint density at radius 1 is 0.931 bits per heavy atom. The lowest BCUT2D eigenvalue weighted by Crippen LogP contribution is -2.13. The Morgan fingerprint density at radius 3 is 2.34 bits per heavy atom. The fourth-order valence-electron chi connectivity index (χ4n) is 4.31. The van der Waals surface area contributed by atoms with Crippen molar-refractivity contribution in [3.63, 3.8) is 0 Å². The fraction of sp³-hybridized carbons (Fsp3) is 0.462. The third-order valence-corrected chi connectivity index (χ3v) is 6.22. The van der Waals surface area contributed by atoms with Gasteiger partial charge in [-0.05, 0) is 79.5 Å². The molecule has 0 heterocycles. The molecule has 2 aromatic rings. The molecule has 0 saturated heterocycles. The van der Waals surface area contributed by atoms with E-state index in [1.807, 2.05) is 19.1 Å². The molecule has 1 saturated carbocycles. The molecule has 0 aromatic heterocycles. The molecule has 0 aliphatic heterocycles. The smallest absolute Gasteiger partial charge is 0.166 e. The lowest BCUT2D eigenvalue weighted by molar-refractivity contribution is 0.369. The summed E-state index contributed by atoms with van der Waals surface area (Å²) in [5.41, 5.74) is 2.61. The summed E-state index contributed by atoms with van der Waals surface area (Å²) in [6.45, 7) is 3.95.